The van der Waals surface area contributed by atoms with Gasteiger partial charge in [0.2, 0.25) is 0 Å². The Morgan fingerprint density at radius 3 is 2.57 bits per heavy atom. The first-order chi connectivity index (χ1) is 11.3. The van der Waals surface area contributed by atoms with E-state index < -0.39 is 0 Å². The van der Waals surface area contributed by atoms with Gasteiger partial charge < -0.3 is 10.5 Å². The number of imidazole rings is 1. The van der Waals surface area contributed by atoms with E-state index in [1.807, 2.05) is 59.2 Å². The third-order valence-electron chi connectivity index (χ3n) is 3.48. The first-order valence-corrected chi connectivity index (χ1v) is 7.04. The van der Waals surface area contributed by atoms with Crippen LogP contribution in [0.2, 0.25) is 0 Å². The first kappa shape index (κ1) is 13.3. The van der Waals surface area contributed by atoms with Crippen LogP contribution in [-0.2, 0) is 6.73 Å². The van der Waals surface area contributed by atoms with Crippen LogP contribution < -0.4 is 10.5 Å². The number of hydrogen-bond acceptors (Lipinski definition) is 6. The van der Waals surface area contributed by atoms with E-state index in [2.05, 4.69) is 15.3 Å². The van der Waals surface area contributed by atoms with Crippen LogP contribution in [0.4, 0.5) is 5.82 Å². The third kappa shape index (κ3) is 2.38. The standard InChI is InChI=1S/C16H13N5O2/c17-15-14(19-23-20-15)16-18-12-8-4-5-9-13(12)21(16)10-22-11-6-2-1-3-7-11/h1-9H,10H2,(H2,17,20). The number of nitrogens with two attached hydrogens (primary N) is 1. The predicted octanol–water partition coefficient (Wildman–Crippen LogP) is 2.71. The Balaban J connectivity index is 1.78. The molecule has 0 unspecified atom stereocenters. The second-order valence-corrected chi connectivity index (χ2v) is 4.94. The molecule has 0 spiro atoms. The molecule has 7 heteroatoms. The van der Waals surface area contributed by atoms with Crippen LogP contribution in [0.15, 0.2) is 59.2 Å². The largest absolute Gasteiger partial charge is 0.473 e. The molecule has 4 rings (SSSR count). The zero-order valence-corrected chi connectivity index (χ0v) is 12.1. The minimum Gasteiger partial charge on any atom is -0.473 e. The van der Waals surface area contributed by atoms with Crippen LogP contribution >= 0.6 is 0 Å². The Kier molecular flexibility index (Phi) is 3.16. The summed E-state index contributed by atoms with van der Waals surface area (Å²) < 4.78 is 12.4. The average Bonchev–Trinajstić information content (AvgIpc) is 3.17. The number of ether oxygens (including phenoxy) is 1. The van der Waals surface area contributed by atoms with Gasteiger partial charge in [0.25, 0.3) is 0 Å². The molecule has 4 aromatic rings. The van der Waals surface area contributed by atoms with Crippen molar-refractivity contribution in [2.45, 2.75) is 6.73 Å². The average molecular weight is 307 g/mol. The quantitative estimate of drug-likeness (QED) is 0.623. The van der Waals surface area contributed by atoms with E-state index in [-0.39, 0.29) is 12.5 Å². The van der Waals surface area contributed by atoms with Crippen molar-refractivity contribution >= 4 is 16.9 Å². The van der Waals surface area contributed by atoms with Gasteiger partial charge in [-0.2, -0.15) is 0 Å². The molecule has 0 aliphatic heterocycles. The Bertz CT molecular complexity index is 945. The number of nitrogens with zero attached hydrogens (tertiary/aromatic N) is 4. The van der Waals surface area contributed by atoms with Crippen LogP contribution in [0.3, 0.4) is 0 Å². The highest BCUT2D eigenvalue weighted by atomic mass is 16.6. The van der Waals surface area contributed by atoms with Gasteiger partial charge in [-0.1, -0.05) is 30.3 Å². The number of rotatable bonds is 4. The molecule has 0 aliphatic carbocycles. The maximum Gasteiger partial charge on any atom is 0.199 e. The number of aromatic nitrogens is 4. The molecule has 114 valence electrons. The lowest BCUT2D eigenvalue weighted by atomic mass is 10.3. The Morgan fingerprint density at radius 1 is 1.00 bits per heavy atom. The summed E-state index contributed by atoms with van der Waals surface area (Å²) in [7, 11) is 0. The molecule has 0 saturated heterocycles. The van der Waals surface area contributed by atoms with E-state index in [4.69, 9.17) is 15.1 Å². The van der Waals surface area contributed by atoms with E-state index in [1.165, 1.54) is 0 Å². The van der Waals surface area contributed by atoms with Crippen molar-refractivity contribution in [2.24, 2.45) is 0 Å². The number of fused-ring (bicyclic) bond motifs is 1. The molecule has 0 radical (unpaired) electrons. The van der Waals surface area contributed by atoms with Gasteiger partial charge in [-0.3, -0.25) is 4.57 Å². The molecule has 0 amide bonds. The normalized spacial score (nSPS) is 11.0. The van der Waals surface area contributed by atoms with Gasteiger partial charge in [0.1, 0.15) is 5.75 Å². The van der Waals surface area contributed by atoms with E-state index in [0.717, 1.165) is 16.8 Å². The highest BCUT2D eigenvalue weighted by Gasteiger charge is 2.19. The zero-order chi connectivity index (χ0) is 15.6. The Morgan fingerprint density at radius 2 is 1.78 bits per heavy atom. The molecule has 2 N–H and O–H groups in total. The van der Waals surface area contributed by atoms with Gasteiger partial charge in [-0.05, 0) is 34.6 Å². The molecule has 23 heavy (non-hydrogen) atoms. The SMILES string of the molecule is Nc1nonc1-c1nc2ccccc2n1COc1ccccc1. The molecule has 0 bridgehead atoms. The summed E-state index contributed by atoms with van der Waals surface area (Å²) in [5.41, 5.74) is 7.95. The number of nitrogen functional groups attached to an aromatic ring is 1. The van der Waals surface area contributed by atoms with Crippen molar-refractivity contribution < 1.29 is 9.37 Å². The summed E-state index contributed by atoms with van der Waals surface area (Å²) >= 11 is 0. The lowest BCUT2D eigenvalue weighted by molar-refractivity contribution is 0.242. The van der Waals surface area contributed by atoms with E-state index in [0.29, 0.717) is 11.5 Å². The Labute approximate surface area is 131 Å². The molecule has 0 atom stereocenters. The summed E-state index contributed by atoms with van der Waals surface area (Å²) in [6.07, 6.45) is 0. The van der Waals surface area contributed by atoms with Crippen LogP contribution in [0.5, 0.6) is 5.75 Å². The minimum atomic E-state index is 0.196. The molecule has 2 aromatic carbocycles. The predicted molar refractivity (Wildman–Crippen MR) is 84.5 cm³/mol. The fourth-order valence-corrected chi connectivity index (χ4v) is 2.39. The van der Waals surface area contributed by atoms with Gasteiger partial charge in [-0.25, -0.2) is 9.61 Å². The second kappa shape index (κ2) is 5.45. The monoisotopic (exact) mass is 307 g/mol. The van der Waals surface area contributed by atoms with Crippen molar-refractivity contribution in [1.82, 2.24) is 19.9 Å². The molecule has 7 nitrogen and oxygen atoms in total. The summed E-state index contributed by atoms with van der Waals surface area (Å²) in [5.74, 6) is 1.52. The van der Waals surface area contributed by atoms with Gasteiger partial charge in [0, 0.05) is 0 Å². The van der Waals surface area contributed by atoms with Crippen LogP contribution in [0.1, 0.15) is 0 Å². The number of benzene rings is 2. The van der Waals surface area contributed by atoms with Crippen molar-refractivity contribution in [2.75, 3.05) is 5.73 Å². The lowest BCUT2D eigenvalue weighted by Gasteiger charge is -2.10. The molecular formula is C16H13N5O2. The van der Waals surface area contributed by atoms with Crippen LogP contribution in [-0.4, -0.2) is 19.9 Å². The van der Waals surface area contributed by atoms with Crippen molar-refractivity contribution in [3.05, 3.63) is 54.6 Å². The highest BCUT2D eigenvalue weighted by Crippen LogP contribution is 2.26. The van der Waals surface area contributed by atoms with Crippen LogP contribution in [0, 0.1) is 0 Å². The van der Waals surface area contributed by atoms with Crippen molar-refractivity contribution in [1.29, 1.82) is 0 Å². The van der Waals surface area contributed by atoms with Crippen LogP contribution in [0.25, 0.3) is 22.6 Å². The fourth-order valence-electron chi connectivity index (χ4n) is 2.39. The van der Waals surface area contributed by atoms with Gasteiger partial charge in [0.05, 0.1) is 11.0 Å². The second-order valence-electron chi connectivity index (χ2n) is 4.94. The smallest absolute Gasteiger partial charge is 0.199 e. The zero-order valence-electron chi connectivity index (χ0n) is 12.1. The molecule has 2 heterocycles. The minimum absolute atomic E-state index is 0.196. The number of anilines is 1. The summed E-state index contributed by atoms with van der Waals surface area (Å²) in [4.78, 5) is 4.57. The molecule has 0 fully saturated rings. The summed E-state index contributed by atoms with van der Waals surface area (Å²) in [6, 6.07) is 17.3. The fraction of sp³-hybridized carbons (Fsp3) is 0.0625. The van der Waals surface area contributed by atoms with E-state index in [1.54, 1.807) is 0 Å². The van der Waals surface area contributed by atoms with Gasteiger partial charge in [0.15, 0.2) is 24.1 Å². The topological polar surface area (TPSA) is 92.0 Å². The first-order valence-electron chi connectivity index (χ1n) is 7.04. The molecule has 0 saturated carbocycles. The third-order valence-corrected chi connectivity index (χ3v) is 3.48. The highest BCUT2D eigenvalue weighted by molar-refractivity contribution is 5.81. The molecule has 2 aromatic heterocycles. The van der Waals surface area contributed by atoms with Gasteiger partial charge in [-0.15, -0.1) is 0 Å². The van der Waals surface area contributed by atoms with Gasteiger partial charge >= 0.3 is 0 Å². The molecule has 0 aliphatic rings. The number of hydrogen-bond donors (Lipinski definition) is 1. The Hall–Kier alpha value is -3.35. The van der Waals surface area contributed by atoms with Crippen molar-refractivity contribution in [3.63, 3.8) is 0 Å². The lowest BCUT2D eigenvalue weighted by Crippen LogP contribution is -2.07. The maximum absolute atomic E-state index is 5.84. The van der Waals surface area contributed by atoms with Crippen molar-refractivity contribution in [3.8, 4) is 17.3 Å². The molecular weight excluding hydrogens is 294 g/mol. The summed E-state index contributed by atoms with van der Waals surface area (Å²) in [6.45, 7) is 0.270. The number of para-hydroxylation sites is 3. The maximum atomic E-state index is 5.84. The van der Waals surface area contributed by atoms with E-state index in [9.17, 15) is 0 Å². The van der Waals surface area contributed by atoms with E-state index >= 15 is 0 Å². The summed E-state index contributed by atoms with van der Waals surface area (Å²) in [5, 5.41) is 7.47.